The highest BCUT2D eigenvalue weighted by atomic mass is 19.2. The van der Waals surface area contributed by atoms with Gasteiger partial charge < -0.3 is 14.5 Å². The van der Waals surface area contributed by atoms with Crippen molar-refractivity contribution in [2.75, 3.05) is 18.6 Å². The third-order valence-corrected chi connectivity index (χ3v) is 4.86. The Morgan fingerprint density at radius 3 is 2.36 bits per heavy atom. The lowest BCUT2D eigenvalue weighted by Crippen LogP contribution is -2.53. The molecule has 28 heavy (non-hydrogen) atoms. The Bertz CT molecular complexity index is 788. The molecule has 0 aromatic carbocycles. The second kappa shape index (κ2) is 7.14. The molecular formula is C18H25F2N5O3. The molecule has 0 spiro atoms. The third-order valence-electron chi connectivity index (χ3n) is 4.86. The molecule has 3 heterocycles. The first-order valence-corrected chi connectivity index (χ1v) is 9.22. The van der Waals surface area contributed by atoms with Gasteiger partial charge in [0.25, 0.3) is 5.91 Å². The van der Waals surface area contributed by atoms with E-state index in [-0.39, 0.29) is 44.8 Å². The second-order valence-electron chi connectivity index (χ2n) is 8.23. The van der Waals surface area contributed by atoms with Gasteiger partial charge in [0.05, 0.1) is 18.8 Å². The van der Waals surface area contributed by atoms with Gasteiger partial charge in [-0.2, -0.15) is 0 Å². The Labute approximate surface area is 162 Å². The minimum Gasteiger partial charge on any atom is -0.444 e. The molecule has 1 N–H and O–H groups in total. The predicted octanol–water partition coefficient (Wildman–Crippen LogP) is 2.66. The molecule has 8 nitrogen and oxygen atoms in total. The molecule has 0 saturated carbocycles. The number of carbonyl (C=O) groups is 2. The Kier molecular flexibility index (Phi) is 5.16. The van der Waals surface area contributed by atoms with E-state index in [1.165, 1.54) is 15.3 Å². The highest BCUT2D eigenvalue weighted by Crippen LogP contribution is 2.34. The number of aromatic nitrogens is 2. The molecule has 1 saturated heterocycles. The van der Waals surface area contributed by atoms with Crippen LogP contribution >= 0.6 is 0 Å². The fraction of sp³-hybridized carbons (Fsp3) is 0.667. The van der Waals surface area contributed by atoms with Crippen LogP contribution in [0.15, 0.2) is 0 Å². The number of hydrogen-bond donors (Lipinski definition) is 1. The number of hydrogen-bond acceptors (Lipinski definition) is 6. The topological polar surface area (TPSA) is 87.7 Å². The SMILES string of the molecule is Cc1nc2c(c(NF)n1)CN(C(=O)C1(F)CCN(C(=O)OC(C)(C)C)CC1)C2. The molecule has 2 aliphatic rings. The van der Waals surface area contributed by atoms with Crippen LogP contribution in [-0.2, 0) is 22.6 Å². The van der Waals surface area contributed by atoms with E-state index in [9.17, 15) is 14.1 Å². The Balaban J connectivity index is 1.65. The molecule has 1 aromatic heterocycles. The van der Waals surface area contributed by atoms with Gasteiger partial charge in [-0.1, -0.05) is 0 Å². The smallest absolute Gasteiger partial charge is 0.410 e. The number of piperidine rings is 1. The first-order valence-electron chi connectivity index (χ1n) is 9.22. The zero-order valence-electron chi connectivity index (χ0n) is 16.5. The quantitative estimate of drug-likeness (QED) is 0.772. The normalized spacial score (nSPS) is 18.6. The molecule has 10 heteroatoms. The lowest BCUT2D eigenvalue weighted by Gasteiger charge is -2.37. The van der Waals surface area contributed by atoms with Gasteiger partial charge in [-0.05, 0) is 27.7 Å². The van der Waals surface area contributed by atoms with Gasteiger partial charge in [-0.15, -0.1) is 4.48 Å². The summed E-state index contributed by atoms with van der Waals surface area (Å²) in [5.74, 6) is -0.295. The molecule has 1 aromatic rings. The van der Waals surface area contributed by atoms with Crippen molar-refractivity contribution in [3.05, 3.63) is 17.1 Å². The minimum absolute atomic E-state index is 0.00505. The maximum Gasteiger partial charge on any atom is 0.410 e. The van der Waals surface area contributed by atoms with Crippen LogP contribution in [0.4, 0.5) is 19.5 Å². The Morgan fingerprint density at radius 1 is 1.14 bits per heavy atom. The van der Waals surface area contributed by atoms with Gasteiger partial charge in [-0.3, -0.25) is 4.79 Å². The number of amides is 2. The Morgan fingerprint density at radius 2 is 1.79 bits per heavy atom. The fourth-order valence-corrected chi connectivity index (χ4v) is 3.47. The van der Waals surface area contributed by atoms with E-state index in [0.29, 0.717) is 17.1 Å². The van der Waals surface area contributed by atoms with Gasteiger partial charge in [0.15, 0.2) is 11.5 Å². The molecule has 0 radical (unpaired) electrons. The van der Waals surface area contributed by atoms with Crippen molar-refractivity contribution in [1.29, 1.82) is 0 Å². The summed E-state index contributed by atoms with van der Waals surface area (Å²) in [5, 5.41) is 0. The van der Waals surface area contributed by atoms with Crippen LogP contribution in [0.3, 0.4) is 0 Å². The summed E-state index contributed by atoms with van der Waals surface area (Å²) < 4.78 is 33.7. The van der Waals surface area contributed by atoms with Crippen LogP contribution in [0.1, 0.15) is 50.7 Å². The number of nitrogens with one attached hydrogen (secondary N) is 1. The molecule has 0 unspecified atom stereocenters. The number of aryl methyl sites for hydroxylation is 1. The summed E-state index contributed by atoms with van der Waals surface area (Å²) in [7, 11) is 0. The maximum atomic E-state index is 15.4. The monoisotopic (exact) mass is 397 g/mol. The van der Waals surface area contributed by atoms with E-state index in [2.05, 4.69) is 9.97 Å². The van der Waals surface area contributed by atoms with Crippen molar-refractivity contribution in [3.63, 3.8) is 0 Å². The molecule has 0 aliphatic carbocycles. The molecule has 2 amide bonds. The summed E-state index contributed by atoms with van der Waals surface area (Å²) in [6.07, 6.45) is -0.742. The number of fused-ring (bicyclic) bond motifs is 1. The summed E-state index contributed by atoms with van der Waals surface area (Å²) in [4.78, 5) is 35.9. The predicted molar refractivity (Wildman–Crippen MR) is 96.6 cm³/mol. The van der Waals surface area contributed by atoms with Crippen molar-refractivity contribution in [2.24, 2.45) is 0 Å². The van der Waals surface area contributed by atoms with Gasteiger partial charge in [0.2, 0.25) is 0 Å². The number of carbonyl (C=O) groups excluding carboxylic acids is 2. The first kappa shape index (κ1) is 20.2. The summed E-state index contributed by atoms with van der Waals surface area (Å²) in [5.41, 5.74) is -0.239. The standard InChI is InChI=1S/C18H25F2N5O3/c1-11-21-13-10-25(9-12(13)14(22-11)23-20)15(26)18(19)5-7-24(8-6-18)16(27)28-17(2,3)4/h5-10H2,1-4H3,(H,21,22,23). The lowest BCUT2D eigenvalue weighted by molar-refractivity contribution is -0.148. The number of nitrogens with zero attached hydrogens (tertiary/aromatic N) is 4. The largest absolute Gasteiger partial charge is 0.444 e. The average Bonchev–Trinajstić information content (AvgIpc) is 3.03. The number of anilines is 1. The van der Waals surface area contributed by atoms with Crippen LogP contribution < -0.4 is 5.54 Å². The first-order chi connectivity index (χ1) is 13.0. The van der Waals surface area contributed by atoms with Gasteiger partial charge in [-0.25, -0.2) is 24.7 Å². The van der Waals surface area contributed by atoms with E-state index >= 15 is 4.39 Å². The van der Waals surface area contributed by atoms with Crippen molar-refractivity contribution >= 4 is 17.8 Å². The van der Waals surface area contributed by atoms with Crippen molar-refractivity contribution in [1.82, 2.24) is 19.8 Å². The van der Waals surface area contributed by atoms with Crippen LogP contribution in [0.2, 0.25) is 0 Å². The average molecular weight is 397 g/mol. The summed E-state index contributed by atoms with van der Waals surface area (Å²) in [6.45, 7) is 7.22. The van der Waals surface area contributed by atoms with Crippen molar-refractivity contribution in [3.8, 4) is 0 Å². The lowest BCUT2D eigenvalue weighted by atomic mass is 9.92. The van der Waals surface area contributed by atoms with Crippen molar-refractivity contribution in [2.45, 2.75) is 64.9 Å². The fourth-order valence-electron chi connectivity index (χ4n) is 3.47. The zero-order valence-corrected chi connectivity index (χ0v) is 16.5. The highest BCUT2D eigenvalue weighted by molar-refractivity contribution is 5.86. The van der Waals surface area contributed by atoms with Crippen LogP contribution in [0.25, 0.3) is 0 Å². The summed E-state index contributed by atoms with van der Waals surface area (Å²) in [6, 6.07) is 0. The number of ether oxygens (including phenoxy) is 1. The number of halogens is 2. The molecule has 0 bridgehead atoms. The van der Waals surface area contributed by atoms with Crippen LogP contribution in [0, 0.1) is 6.92 Å². The van der Waals surface area contributed by atoms with Crippen molar-refractivity contribution < 1.29 is 23.2 Å². The highest BCUT2D eigenvalue weighted by Gasteiger charge is 2.47. The molecular weight excluding hydrogens is 372 g/mol. The molecule has 3 rings (SSSR count). The van der Waals surface area contributed by atoms with E-state index in [1.54, 1.807) is 27.7 Å². The van der Waals surface area contributed by atoms with E-state index in [4.69, 9.17) is 4.74 Å². The third kappa shape index (κ3) is 4.00. The van der Waals surface area contributed by atoms with E-state index < -0.39 is 23.3 Å². The minimum atomic E-state index is -2.08. The summed E-state index contributed by atoms with van der Waals surface area (Å²) >= 11 is 0. The van der Waals surface area contributed by atoms with E-state index in [1.807, 2.05) is 0 Å². The number of likely N-dealkylation sites (tertiary alicyclic amines) is 1. The van der Waals surface area contributed by atoms with Crippen LogP contribution in [0.5, 0.6) is 0 Å². The van der Waals surface area contributed by atoms with Gasteiger partial charge in [0, 0.05) is 31.5 Å². The maximum absolute atomic E-state index is 15.4. The number of alkyl halides is 1. The van der Waals surface area contributed by atoms with Gasteiger partial charge >= 0.3 is 6.09 Å². The number of rotatable bonds is 2. The van der Waals surface area contributed by atoms with Crippen LogP contribution in [-0.4, -0.2) is 56.1 Å². The molecule has 2 aliphatic heterocycles. The second-order valence-corrected chi connectivity index (χ2v) is 8.23. The molecule has 154 valence electrons. The van der Waals surface area contributed by atoms with E-state index in [0.717, 1.165) is 0 Å². The zero-order chi connectivity index (χ0) is 20.7. The molecule has 1 fully saturated rings. The Hall–Kier alpha value is -2.52. The van der Waals surface area contributed by atoms with Gasteiger partial charge in [0.1, 0.15) is 11.4 Å². The molecule has 0 atom stereocenters.